The largest absolute Gasteiger partial charge is 0.395 e. The molecular formula is C9H11FN6. The Kier molecular flexibility index (Phi) is 2.67. The van der Waals surface area contributed by atoms with Crippen LogP contribution >= 0.6 is 0 Å². The third kappa shape index (κ3) is 1.92. The summed E-state index contributed by atoms with van der Waals surface area (Å²) in [4.78, 5) is 0. The second-order valence-corrected chi connectivity index (χ2v) is 3.34. The highest BCUT2D eigenvalue weighted by atomic mass is 19.1. The van der Waals surface area contributed by atoms with E-state index in [9.17, 15) is 4.39 Å². The molecule has 1 unspecified atom stereocenters. The van der Waals surface area contributed by atoms with Crippen molar-refractivity contribution in [3.63, 3.8) is 0 Å². The maximum Gasteiger partial charge on any atom is 0.196 e. The van der Waals surface area contributed by atoms with E-state index in [0.29, 0.717) is 11.5 Å². The number of benzene rings is 1. The standard InChI is InChI=1S/C9H11FN6/c1-5(9-13-15-16-14-9)12-7-4-2-3-6(10)8(7)11/h2-5,12H,11H2,1H3,(H,13,14,15,16). The normalized spacial score (nSPS) is 12.4. The Bertz CT molecular complexity index is 469. The van der Waals surface area contributed by atoms with Gasteiger partial charge in [0.05, 0.1) is 17.4 Å². The minimum absolute atomic E-state index is 0.0813. The van der Waals surface area contributed by atoms with Crippen LogP contribution in [0.5, 0.6) is 0 Å². The van der Waals surface area contributed by atoms with Crippen LogP contribution in [0, 0.1) is 5.82 Å². The van der Waals surface area contributed by atoms with Crippen LogP contribution in [0.3, 0.4) is 0 Å². The summed E-state index contributed by atoms with van der Waals surface area (Å²) in [6.45, 7) is 1.83. The van der Waals surface area contributed by atoms with E-state index in [1.807, 2.05) is 6.92 Å². The number of nitrogen functional groups attached to an aromatic ring is 1. The molecule has 0 aliphatic rings. The van der Waals surface area contributed by atoms with Gasteiger partial charge in [0.1, 0.15) is 5.82 Å². The predicted octanol–water partition coefficient (Wildman–Crippen LogP) is 1.09. The van der Waals surface area contributed by atoms with Crippen LogP contribution in [0.4, 0.5) is 15.8 Å². The molecule has 1 aromatic heterocycles. The highest BCUT2D eigenvalue weighted by Gasteiger charge is 2.12. The lowest BCUT2D eigenvalue weighted by molar-refractivity contribution is 0.632. The molecule has 1 atom stereocenters. The second kappa shape index (κ2) is 4.13. The molecule has 0 amide bonds. The topological polar surface area (TPSA) is 92.5 Å². The third-order valence-electron chi connectivity index (χ3n) is 2.17. The number of aromatic amines is 1. The summed E-state index contributed by atoms with van der Waals surface area (Å²) in [6.07, 6.45) is 0. The van der Waals surface area contributed by atoms with Crippen molar-refractivity contribution < 1.29 is 4.39 Å². The average molecular weight is 222 g/mol. The number of halogens is 1. The van der Waals surface area contributed by atoms with Crippen LogP contribution in [0.25, 0.3) is 0 Å². The van der Waals surface area contributed by atoms with E-state index in [0.717, 1.165) is 0 Å². The van der Waals surface area contributed by atoms with Gasteiger partial charge in [-0.1, -0.05) is 11.3 Å². The number of nitrogens with two attached hydrogens (primary N) is 1. The number of aromatic nitrogens is 4. The summed E-state index contributed by atoms with van der Waals surface area (Å²) in [5, 5.41) is 16.4. The van der Waals surface area contributed by atoms with Crippen molar-refractivity contribution in [2.75, 3.05) is 11.1 Å². The van der Waals surface area contributed by atoms with Gasteiger partial charge in [0.15, 0.2) is 5.82 Å². The molecule has 4 N–H and O–H groups in total. The number of nitrogens with one attached hydrogen (secondary N) is 2. The van der Waals surface area contributed by atoms with Crippen molar-refractivity contribution in [3.05, 3.63) is 29.8 Å². The van der Waals surface area contributed by atoms with Gasteiger partial charge in [-0.25, -0.2) is 4.39 Å². The van der Waals surface area contributed by atoms with Crippen LogP contribution in [0.2, 0.25) is 0 Å². The number of tetrazole rings is 1. The first-order valence-corrected chi connectivity index (χ1v) is 4.72. The van der Waals surface area contributed by atoms with Gasteiger partial charge in [0, 0.05) is 0 Å². The van der Waals surface area contributed by atoms with Crippen molar-refractivity contribution in [1.82, 2.24) is 20.6 Å². The molecule has 1 aromatic carbocycles. The number of rotatable bonds is 3. The van der Waals surface area contributed by atoms with Gasteiger partial charge < -0.3 is 11.1 Å². The molecule has 0 saturated carbocycles. The monoisotopic (exact) mass is 222 g/mol. The number of hydrogen-bond donors (Lipinski definition) is 3. The van der Waals surface area contributed by atoms with Crippen LogP contribution in [0.1, 0.15) is 18.8 Å². The molecule has 0 aliphatic heterocycles. The SMILES string of the molecule is CC(Nc1cccc(F)c1N)c1nn[nH]n1. The molecule has 0 aliphatic carbocycles. The summed E-state index contributed by atoms with van der Waals surface area (Å²) < 4.78 is 13.2. The zero-order valence-corrected chi connectivity index (χ0v) is 8.61. The molecule has 0 fully saturated rings. The Labute approximate surface area is 91.0 Å². The van der Waals surface area contributed by atoms with E-state index in [4.69, 9.17) is 5.73 Å². The van der Waals surface area contributed by atoms with Gasteiger partial charge in [-0.3, -0.25) is 0 Å². The number of anilines is 2. The maximum absolute atomic E-state index is 13.2. The summed E-state index contributed by atoms with van der Waals surface area (Å²) in [7, 11) is 0. The highest BCUT2D eigenvalue weighted by molar-refractivity contribution is 5.66. The molecule has 6 nitrogen and oxygen atoms in total. The minimum atomic E-state index is -0.453. The molecular weight excluding hydrogens is 211 g/mol. The fourth-order valence-corrected chi connectivity index (χ4v) is 1.31. The van der Waals surface area contributed by atoms with Gasteiger partial charge in [-0.2, -0.15) is 5.21 Å². The molecule has 84 valence electrons. The lowest BCUT2D eigenvalue weighted by Gasteiger charge is -2.13. The minimum Gasteiger partial charge on any atom is -0.395 e. The van der Waals surface area contributed by atoms with E-state index in [1.54, 1.807) is 12.1 Å². The van der Waals surface area contributed by atoms with E-state index in [2.05, 4.69) is 25.9 Å². The van der Waals surface area contributed by atoms with E-state index in [1.165, 1.54) is 6.07 Å². The summed E-state index contributed by atoms with van der Waals surface area (Å²) in [5.74, 6) is 0.0361. The first-order valence-electron chi connectivity index (χ1n) is 4.72. The Morgan fingerprint density at radius 2 is 2.31 bits per heavy atom. The molecule has 0 spiro atoms. The molecule has 16 heavy (non-hydrogen) atoms. The summed E-state index contributed by atoms with van der Waals surface area (Å²) >= 11 is 0. The first kappa shape index (κ1) is 10.3. The Morgan fingerprint density at radius 1 is 1.50 bits per heavy atom. The van der Waals surface area contributed by atoms with Crippen LogP contribution in [-0.4, -0.2) is 20.6 Å². The Balaban J connectivity index is 2.18. The van der Waals surface area contributed by atoms with E-state index >= 15 is 0 Å². The van der Waals surface area contributed by atoms with Crippen LogP contribution in [-0.2, 0) is 0 Å². The maximum atomic E-state index is 13.2. The fraction of sp³-hybridized carbons (Fsp3) is 0.222. The van der Waals surface area contributed by atoms with Crippen molar-refractivity contribution in [2.45, 2.75) is 13.0 Å². The molecule has 7 heteroatoms. The van der Waals surface area contributed by atoms with Crippen LogP contribution < -0.4 is 11.1 Å². The van der Waals surface area contributed by atoms with E-state index < -0.39 is 5.82 Å². The molecule has 0 radical (unpaired) electrons. The first-order chi connectivity index (χ1) is 7.68. The zero-order valence-electron chi connectivity index (χ0n) is 8.61. The van der Waals surface area contributed by atoms with Gasteiger partial charge in [0.2, 0.25) is 0 Å². The Morgan fingerprint density at radius 3 is 3.00 bits per heavy atom. The lowest BCUT2D eigenvalue weighted by Crippen LogP contribution is -2.10. The van der Waals surface area contributed by atoms with Crippen molar-refractivity contribution in [2.24, 2.45) is 0 Å². The smallest absolute Gasteiger partial charge is 0.196 e. The summed E-state index contributed by atoms with van der Waals surface area (Å²) in [6, 6.07) is 4.37. The number of H-pyrrole nitrogens is 1. The summed E-state index contributed by atoms with van der Waals surface area (Å²) in [5.41, 5.74) is 6.18. The second-order valence-electron chi connectivity index (χ2n) is 3.34. The Hall–Kier alpha value is -2.18. The quantitative estimate of drug-likeness (QED) is 0.676. The van der Waals surface area contributed by atoms with Gasteiger partial charge in [-0.15, -0.1) is 10.2 Å². The number of para-hydroxylation sites is 1. The fourth-order valence-electron chi connectivity index (χ4n) is 1.31. The highest BCUT2D eigenvalue weighted by Crippen LogP contribution is 2.24. The van der Waals surface area contributed by atoms with Crippen molar-refractivity contribution in [1.29, 1.82) is 0 Å². The number of hydrogen-bond acceptors (Lipinski definition) is 5. The lowest BCUT2D eigenvalue weighted by atomic mass is 10.2. The average Bonchev–Trinajstić information content (AvgIpc) is 2.78. The molecule has 0 saturated heterocycles. The van der Waals surface area contributed by atoms with Crippen LogP contribution in [0.15, 0.2) is 18.2 Å². The predicted molar refractivity (Wildman–Crippen MR) is 57.0 cm³/mol. The third-order valence-corrected chi connectivity index (χ3v) is 2.17. The molecule has 1 heterocycles. The molecule has 2 rings (SSSR count). The molecule has 0 bridgehead atoms. The number of nitrogens with zero attached hydrogens (tertiary/aromatic N) is 3. The van der Waals surface area contributed by atoms with E-state index in [-0.39, 0.29) is 11.7 Å². The van der Waals surface area contributed by atoms with Gasteiger partial charge >= 0.3 is 0 Å². The molecule has 2 aromatic rings. The van der Waals surface area contributed by atoms with Gasteiger partial charge in [0.25, 0.3) is 0 Å². The zero-order chi connectivity index (χ0) is 11.5. The van der Waals surface area contributed by atoms with Gasteiger partial charge in [-0.05, 0) is 19.1 Å². The van der Waals surface area contributed by atoms with Crippen molar-refractivity contribution in [3.8, 4) is 0 Å². The van der Waals surface area contributed by atoms with Crippen molar-refractivity contribution >= 4 is 11.4 Å².